The number of hydrogen-bond donors (Lipinski definition) is 2. The highest BCUT2D eigenvalue weighted by molar-refractivity contribution is 5.58. The van der Waals surface area contributed by atoms with Gasteiger partial charge in [-0.25, -0.2) is 0 Å². The third kappa shape index (κ3) is 3.96. The number of nitrogens with one attached hydrogen (secondary N) is 1. The number of rotatable bonds is 6. The Kier molecular flexibility index (Phi) is 5.12. The van der Waals surface area contributed by atoms with Gasteiger partial charge in [0, 0.05) is 18.3 Å². The molecule has 0 aliphatic rings. The van der Waals surface area contributed by atoms with Crippen LogP contribution in [0.4, 0.5) is 11.4 Å². The second-order valence-electron chi connectivity index (χ2n) is 4.77. The number of nitrogens with zero attached hydrogens (tertiary/aromatic N) is 2. The molecule has 0 amide bonds. The molecule has 0 saturated carbocycles. The van der Waals surface area contributed by atoms with Crippen LogP contribution < -0.4 is 10.1 Å². The lowest BCUT2D eigenvalue weighted by atomic mass is 10.1. The number of benzene rings is 2. The maximum atomic E-state index is 10.8. The minimum Gasteiger partial charge on any atom is -0.497 e. The summed E-state index contributed by atoms with van der Waals surface area (Å²) < 4.78 is 5.10. The van der Waals surface area contributed by atoms with E-state index in [0.29, 0.717) is 17.0 Å². The highest BCUT2D eigenvalue weighted by Gasteiger charge is 2.14. The summed E-state index contributed by atoms with van der Waals surface area (Å²) in [6, 6.07) is 13.0. The molecule has 7 nitrogen and oxygen atoms in total. The maximum absolute atomic E-state index is 10.8. The van der Waals surface area contributed by atoms with Gasteiger partial charge in [0.05, 0.1) is 18.1 Å². The van der Waals surface area contributed by atoms with Gasteiger partial charge in [-0.1, -0.05) is 12.1 Å². The Morgan fingerprint density at radius 1 is 1.39 bits per heavy atom. The normalized spacial score (nSPS) is 11.3. The van der Waals surface area contributed by atoms with Crippen LogP contribution in [0.15, 0.2) is 42.5 Å². The van der Waals surface area contributed by atoms with Crippen LogP contribution in [0, 0.1) is 21.4 Å². The summed E-state index contributed by atoms with van der Waals surface area (Å²) in [5, 5.41) is 32.9. The topological polar surface area (TPSA) is 108 Å². The van der Waals surface area contributed by atoms with Gasteiger partial charge in [0.1, 0.15) is 17.4 Å². The summed E-state index contributed by atoms with van der Waals surface area (Å²) in [4.78, 5) is 10.2. The molecular formula is C16H15N3O4. The summed E-state index contributed by atoms with van der Waals surface area (Å²) in [5.41, 5.74) is 0.927. The van der Waals surface area contributed by atoms with E-state index in [2.05, 4.69) is 5.32 Å². The van der Waals surface area contributed by atoms with E-state index in [1.807, 2.05) is 0 Å². The van der Waals surface area contributed by atoms with Crippen LogP contribution in [0.2, 0.25) is 0 Å². The van der Waals surface area contributed by atoms with Crippen molar-refractivity contribution in [3.63, 3.8) is 0 Å². The van der Waals surface area contributed by atoms with Crippen LogP contribution in [0.3, 0.4) is 0 Å². The van der Waals surface area contributed by atoms with Crippen LogP contribution in [-0.4, -0.2) is 23.7 Å². The smallest absolute Gasteiger partial charge is 0.287 e. The first-order valence-corrected chi connectivity index (χ1v) is 6.79. The summed E-state index contributed by atoms with van der Waals surface area (Å²) in [6.45, 7) is 0.190. The molecule has 2 aromatic carbocycles. The maximum Gasteiger partial charge on any atom is 0.287 e. The molecule has 2 aromatic rings. The Morgan fingerprint density at radius 2 is 2.17 bits per heavy atom. The molecule has 0 aliphatic heterocycles. The fourth-order valence-electron chi connectivity index (χ4n) is 2.08. The first-order valence-electron chi connectivity index (χ1n) is 6.79. The van der Waals surface area contributed by atoms with Crippen molar-refractivity contribution < 1.29 is 14.8 Å². The van der Waals surface area contributed by atoms with Gasteiger partial charge in [-0.15, -0.1) is 0 Å². The quantitative estimate of drug-likeness (QED) is 0.627. The molecule has 0 saturated heterocycles. The first-order chi connectivity index (χ1) is 11.0. The Hall–Kier alpha value is -3.11. The molecule has 0 spiro atoms. The highest BCUT2D eigenvalue weighted by atomic mass is 16.6. The van der Waals surface area contributed by atoms with Gasteiger partial charge in [-0.2, -0.15) is 5.26 Å². The fraction of sp³-hybridized carbons (Fsp3) is 0.188. The Bertz CT molecular complexity index is 755. The van der Waals surface area contributed by atoms with E-state index < -0.39 is 11.0 Å². The summed E-state index contributed by atoms with van der Waals surface area (Å²) in [5.74, 6) is 0.642. The van der Waals surface area contributed by atoms with Gasteiger partial charge < -0.3 is 15.2 Å². The van der Waals surface area contributed by atoms with Gasteiger partial charge >= 0.3 is 0 Å². The van der Waals surface area contributed by atoms with Gasteiger partial charge in [0.2, 0.25) is 0 Å². The molecule has 1 unspecified atom stereocenters. The number of nitriles is 1. The number of ether oxygens (including phenoxy) is 1. The molecule has 0 fully saturated rings. The lowest BCUT2D eigenvalue weighted by Crippen LogP contribution is -2.12. The average Bonchev–Trinajstić information content (AvgIpc) is 2.59. The van der Waals surface area contributed by atoms with Crippen molar-refractivity contribution >= 4 is 11.4 Å². The molecule has 1 atom stereocenters. The Morgan fingerprint density at radius 3 is 2.83 bits per heavy atom. The summed E-state index contributed by atoms with van der Waals surface area (Å²) >= 11 is 0. The van der Waals surface area contributed by atoms with Crippen LogP contribution in [0.1, 0.15) is 17.2 Å². The predicted molar refractivity (Wildman–Crippen MR) is 84.3 cm³/mol. The average molecular weight is 313 g/mol. The molecule has 0 bridgehead atoms. The second-order valence-corrected chi connectivity index (χ2v) is 4.77. The van der Waals surface area contributed by atoms with Crippen molar-refractivity contribution in [2.45, 2.75) is 6.10 Å². The van der Waals surface area contributed by atoms with Crippen LogP contribution in [0.25, 0.3) is 0 Å². The fourth-order valence-corrected chi connectivity index (χ4v) is 2.08. The van der Waals surface area contributed by atoms with E-state index in [4.69, 9.17) is 10.00 Å². The van der Waals surface area contributed by atoms with Crippen LogP contribution >= 0.6 is 0 Å². The number of nitro groups is 1. The number of aliphatic hydroxyl groups excluding tert-OH is 1. The van der Waals surface area contributed by atoms with Crippen molar-refractivity contribution in [2.24, 2.45) is 0 Å². The van der Waals surface area contributed by atoms with E-state index in [9.17, 15) is 15.2 Å². The van der Waals surface area contributed by atoms with Crippen molar-refractivity contribution in [1.82, 2.24) is 0 Å². The van der Waals surface area contributed by atoms with E-state index >= 15 is 0 Å². The minimum atomic E-state index is -0.786. The molecular weight excluding hydrogens is 298 g/mol. The monoisotopic (exact) mass is 313 g/mol. The summed E-state index contributed by atoms with van der Waals surface area (Å²) in [6.07, 6.45) is -0.786. The molecule has 118 valence electrons. The Labute approximate surface area is 132 Å². The van der Waals surface area contributed by atoms with Crippen LogP contribution in [0.5, 0.6) is 5.75 Å². The van der Waals surface area contributed by atoms with Crippen molar-refractivity contribution in [1.29, 1.82) is 5.26 Å². The number of aliphatic hydroxyl groups is 1. The number of nitro benzene ring substituents is 1. The van der Waals surface area contributed by atoms with E-state index in [-0.39, 0.29) is 17.8 Å². The summed E-state index contributed by atoms with van der Waals surface area (Å²) in [7, 11) is 1.55. The number of anilines is 1. The standard InChI is InChI=1S/C16H15N3O4/c1-23-14-4-2-3-11(8-14)16(20)10-18-13-5-6-15(19(21)22)12(7-13)9-17/h2-8,16,18,20H,10H2,1H3. The third-order valence-corrected chi connectivity index (χ3v) is 3.29. The molecule has 23 heavy (non-hydrogen) atoms. The Balaban J connectivity index is 2.08. The highest BCUT2D eigenvalue weighted by Crippen LogP contribution is 2.23. The molecule has 2 rings (SSSR count). The largest absolute Gasteiger partial charge is 0.497 e. The number of methoxy groups -OCH3 is 1. The zero-order valence-electron chi connectivity index (χ0n) is 12.4. The zero-order chi connectivity index (χ0) is 16.8. The second kappa shape index (κ2) is 7.24. The molecule has 0 aliphatic carbocycles. The lowest BCUT2D eigenvalue weighted by molar-refractivity contribution is -0.385. The SMILES string of the molecule is COc1cccc(C(O)CNc2ccc([N+](=O)[O-])c(C#N)c2)c1. The first kappa shape index (κ1) is 16.3. The van der Waals surface area contributed by atoms with Gasteiger partial charge in [-0.05, 0) is 29.8 Å². The molecule has 0 aromatic heterocycles. The van der Waals surface area contributed by atoms with E-state index in [0.717, 1.165) is 0 Å². The van der Waals surface area contributed by atoms with Crippen molar-refractivity contribution in [3.05, 3.63) is 63.7 Å². The van der Waals surface area contributed by atoms with Crippen LogP contribution in [-0.2, 0) is 0 Å². The van der Waals surface area contributed by atoms with Gasteiger partial charge in [0.15, 0.2) is 0 Å². The molecule has 7 heteroatoms. The molecule has 0 radical (unpaired) electrons. The minimum absolute atomic E-state index is 0.0316. The van der Waals surface area contributed by atoms with Crippen molar-refractivity contribution in [2.75, 3.05) is 19.0 Å². The molecule has 0 heterocycles. The zero-order valence-corrected chi connectivity index (χ0v) is 12.4. The van der Waals surface area contributed by atoms with Crippen molar-refractivity contribution in [3.8, 4) is 11.8 Å². The van der Waals surface area contributed by atoms with E-state index in [1.54, 1.807) is 37.4 Å². The number of hydrogen-bond acceptors (Lipinski definition) is 6. The molecule has 2 N–H and O–H groups in total. The van der Waals surface area contributed by atoms with E-state index in [1.165, 1.54) is 18.2 Å². The lowest BCUT2D eigenvalue weighted by Gasteiger charge is -2.14. The van der Waals surface area contributed by atoms with Gasteiger partial charge in [0.25, 0.3) is 5.69 Å². The predicted octanol–water partition coefficient (Wildman–Crippen LogP) is 2.62. The third-order valence-electron chi connectivity index (χ3n) is 3.29. The van der Waals surface area contributed by atoms with Gasteiger partial charge in [-0.3, -0.25) is 10.1 Å².